The van der Waals surface area contributed by atoms with Crippen LogP contribution in [-0.4, -0.2) is 40.8 Å². The van der Waals surface area contributed by atoms with E-state index in [-0.39, 0.29) is 17.6 Å². The summed E-state index contributed by atoms with van der Waals surface area (Å²) in [4.78, 5) is 26.3. The molecule has 0 aliphatic carbocycles. The number of furan rings is 1. The third-order valence-corrected chi connectivity index (χ3v) is 5.39. The number of thioether (sulfide) groups is 1. The molecule has 2 atom stereocenters. The third-order valence-electron chi connectivity index (χ3n) is 4.08. The molecule has 1 fully saturated rings. The van der Waals surface area contributed by atoms with Gasteiger partial charge in [0.1, 0.15) is 17.6 Å². The molecule has 1 N–H and O–H groups in total. The van der Waals surface area contributed by atoms with Crippen molar-refractivity contribution >= 4 is 23.6 Å². The zero-order valence-corrected chi connectivity index (χ0v) is 14.6. The average molecular weight is 362 g/mol. The molecule has 1 aromatic heterocycles. The number of hydrogen-bond donors (Lipinski definition) is 1. The third kappa shape index (κ3) is 4.22. The Kier molecular flexibility index (Phi) is 5.43. The van der Waals surface area contributed by atoms with Crippen molar-refractivity contribution in [2.24, 2.45) is 0 Å². The predicted octanol–water partition coefficient (Wildman–Crippen LogP) is 2.22. The molecule has 0 spiro atoms. The summed E-state index contributed by atoms with van der Waals surface area (Å²) in [5.41, 5.74) is 0.509. The highest BCUT2D eigenvalue weighted by atomic mass is 32.2. The number of benzene rings is 1. The molecule has 3 rings (SSSR count). The second-order valence-corrected chi connectivity index (χ2v) is 7.19. The van der Waals surface area contributed by atoms with Crippen molar-refractivity contribution in [2.45, 2.75) is 24.3 Å². The zero-order valence-electron chi connectivity index (χ0n) is 13.8. The summed E-state index contributed by atoms with van der Waals surface area (Å²) < 4.78 is 19.0. The Morgan fingerprint density at radius 1 is 1.36 bits per heavy atom. The first-order valence-electron chi connectivity index (χ1n) is 7.97. The summed E-state index contributed by atoms with van der Waals surface area (Å²) in [5.74, 6) is 0.438. The summed E-state index contributed by atoms with van der Waals surface area (Å²) in [6, 6.07) is 9.42. The quantitative estimate of drug-likeness (QED) is 0.886. The van der Waals surface area contributed by atoms with Gasteiger partial charge in [0.25, 0.3) is 0 Å². The Hall–Kier alpha value is -2.28. The Balaban J connectivity index is 1.56. The molecule has 2 heterocycles. The van der Waals surface area contributed by atoms with Crippen LogP contribution in [0.3, 0.4) is 0 Å². The van der Waals surface area contributed by atoms with E-state index < -0.39 is 11.3 Å². The summed E-state index contributed by atoms with van der Waals surface area (Å²) in [6.45, 7) is 0.349. The molecule has 25 heavy (non-hydrogen) atoms. The van der Waals surface area contributed by atoms with E-state index in [0.29, 0.717) is 30.0 Å². The van der Waals surface area contributed by atoms with Gasteiger partial charge in [-0.2, -0.15) is 0 Å². The molecule has 0 saturated carbocycles. The maximum absolute atomic E-state index is 13.8. The number of nitrogens with one attached hydrogen (secondary N) is 1. The van der Waals surface area contributed by atoms with Gasteiger partial charge in [-0.3, -0.25) is 9.59 Å². The number of halogens is 1. The van der Waals surface area contributed by atoms with Crippen LogP contribution in [0, 0.1) is 5.82 Å². The van der Waals surface area contributed by atoms with Crippen LogP contribution >= 0.6 is 11.8 Å². The molecular formula is C18H19FN2O3S. The maximum Gasteiger partial charge on any atom is 0.246 e. The summed E-state index contributed by atoms with van der Waals surface area (Å²) in [7, 11) is 1.67. The second kappa shape index (κ2) is 7.74. The molecule has 1 aliphatic heterocycles. The lowest BCUT2D eigenvalue weighted by molar-refractivity contribution is -0.135. The van der Waals surface area contributed by atoms with Crippen molar-refractivity contribution in [3.63, 3.8) is 0 Å². The number of rotatable bonds is 5. The molecule has 1 saturated heterocycles. The van der Waals surface area contributed by atoms with Crippen molar-refractivity contribution in [2.75, 3.05) is 12.8 Å². The van der Waals surface area contributed by atoms with E-state index in [0.717, 1.165) is 0 Å². The van der Waals surface area contributed by atoms with E-state index in [2.05, 4.69) is 5.32 Å². The van der Waals surface area contributed by atoms with Crippen LogP contribution in [0.2, 0.25) is 0 Å². The molecule has 0 bridgehead atoms. The number of hydrogen-bond acceptors (Lipinski definition) is 4. The van der Waals surface area contributed by atoms with E-state index in [1.807, 2.05) is 0 Å². The van der Waals surface area contributed by atoms with E-state index in [4.69, 9.17) is 4.42 Å². The largest absolute Gasteiger partial charge is 0.467 e. The SMILES string of the molecule is CN(Cc1ccco1)C(=O)[C@H]1CS[C@@H](Cc2ccccc2F)C(=O)N1. The number of carbonyl (C=O) groups is 2. The van der Waals surface area contributed by atoms with Crippen LogP contribution < -0.4 is 5.32 Å². The molecule has 1 aliphatic rings. The normalized spacial score (nSPS) is 20.2. The Labute approximate surface area is 149 Å². The van der Waals surface area contributed by atoms with Crippen molar-refractivity contribution in [3.8, 4) is 0 Å². The van der Waals surface area contributed by atoms with Crippen LogP contribution in [0.4, 0.5) is 4.39 Å². The molecule has 2 aromatic rings. The highest BCUT2D eigenvalue weighted by molar-refractivity contribution is 8.00. The molecule has 0 unspecified atom stereocenters. The van der Waals surface area contributed by atoms with Gasteiger partial charge >= 0.3 is 0 Å². The van der Waals surface area contributed by atoms with Gasteiger partial charge < -0.3 is 14.6 Å². The first-order valence-corrected chi connectivity index (χ1v) is 9.02. The number of nitrogens with zero attached hydrogens (tertiary/aromatic N) is 1. The molecular weight excluding hydrogens is 343 g/mol. The lowest BCUT2D eigenvalue weighted by atomic mass is 10.1. The van der Waals surface area contributed by atoms with Crippen molar-refractivity contribution in [1.29, 1.82) is 0 Å². The van der Waals surface area contributed by atoms with E-state index >= 15 is 0 Å². The summed E-state index contributed by atoms with van der Waals surface area (Å²) >= 11 is 1.39. The van der Waals surface area contributed by atoms with Crippen molar-refractivity contribution in [1.82, 2.24) is 10.2 Å². The van der Waals surface area contributed by atoms with Gasteiger partial charge in [0.05, 0.1) is 18.1 Å². The maximum atomic E-state index is 13.8. The zero-order chi connectivity index (χ0) is 17.8. The highest BCUT2D eigenvalue weighted by Gasteiger charge is 2.34. The van der Waals surface area contributed by atoms with Crippen LogP contribution in [0.5, 0.6) is 0 Å². The van der Waals surface area contributed by atoms with E-state index in [1.54, 1.807) is 43.6 Å². The average Bonchev–Trinajstić information content (AvgIpc) is 3.10. The molecule has 0 radical (unpaired) electrons. The monoisotopic (exact) mass is 362 g/mol. The highest BCUT2D eigenvalue weighted by Crippen LogP contribution is 2.24. The minimum absolute atomic E-state index is 0.165. The Bertz CT molecular complexity index is 751. The van der Waals surface area contributed by atoms with Gasteiger partial charge in [0, 0.05) is 12.8 Å². The van der Waals surface area contributed by atoms with Gasteiger partial charge in [-0.25, -0.2) is 4.39 Å². The predicted molar refractivity (Wildman–Crippen MR) is 93.5 cm³/mol. The fourth-order valence-corrected chi connectivity index (χ4v) is 3.89. The van der Waals surface area contributed by atoms with Crippen LogP contribution in [-0.2, 0) is 22.6 Å². The van der Waals surface area contributed by atoms with Gasteiger partial charge in [-0.1, -0.05) is 18.2 Å². The van der Waals surface area contributed by atoms with E-state index in [1.165, 1.54) is 22.7 Å². The second-order valence-electron chi connectivity index (χ2n) is 5.95. The van der Waals surface area contributed by atoms with Gasteiger partial charge in [0.2, 0.25) is 11.8 Å². The lowest BCUT2D eigenvalue weighted by Gasteiger charge is -2.30. The smallest absolute Gasteiger partial charge is 0.246 e. The molecule has 7 heteroatoms. The number of amides is 2. The summed E-state index contributed by atoms with van der Waals surface area (Å²) in [5, 5.41) is 2.37. The molecule has 2 amide bonds. The summed E-state index contributed by atoms with van der Waals surface area (Å²) in [6.07, 6.45) is 1.87. The van der Waals surface area contributed by atoms with Crippen molar-refractivity contribution in [3.05, 3.63) is 59.8 Å². The minimum atomic E-state index is -0.575. The Morgan fingerprint density at radius 3 is 2.84 bits per heavy atom. The first-order chi connectivity index (χ1) is 12.0. The topological polar surface area (TPSA) is 62.6 Å². The number of likely N-dealkylation sites (N-methyl/N-ethyl adjacent to an activating group) is 1. The van der Waals surface area contributed by atoms with Gasteiger partial charge in [-0.15, -0.1) is 11.8 Å². The van der Waals surface area contributed by atoms with Gasteiger partial charge in [0.15, 0.2) is 0 Å². The fraction of sp³-hybridized carbons (Fsp3) is 0.333. The first kappa shape index (κ1) is 17.5. The van der Waals surface area contributed by atoms with E-state index in [9.17, 15) is 14.0 Å². The van der Waals surface area contributed by atoms with Gasteiger partial charge in [-0.05, 0) is 30.2 Å². The molecule has 5 nitrogen and oxygen atoms in total. The van der Waals surface area contributed by atoms with Crippen LogP contribution in [0.25, 0.3) is 0 Å². The fourth-order valence-electron chi connectivity index (χ4n) is 2.72. The molecule has 1 aromatic carbocycles. The lowest BCUT2D eigenvalue weighted by Crippen LogP contribution is -2.54. The van der Waals surface area contributed by atoms with Crippen molar-refractivity contribution < 1.29 is 18.4 Å². The minimum Gasteiger partial charge on any atom is -0.467 e. The van der Waals surface area contributed by atoms with Crippen LogP contribution in [0.1, 0.15) is 11.3 Å². The number of carbonyl (C=O) groups excluding carboxylic acids is 2. The molecule has 132 valence electrons. The Morgan fingerprint density at radius 2 is 2.16 bits per heavy atom. The standard InChI is InChI=1S/C18H19FN2O3S/c1-21(10-13-6-4-8-24-13)18(23)15-11-25-16(17(22)20-15)9-12-5-2-3-7-14(12)19/h2-8,15-16H,9-11H2,1H3,(H,20,22)/t15-,16+/m1/s1. The van der Waals surface area contributed by atoms with Crippen LogP contribution in [0.15, 0.2) is 47.1 Å².